The lowest BCUT2D eigenvalue weighted by Crippen LogP contribution is -2.25. The van der Waals surface area contributed by atoms with Crippen molar-refractivity contribution in [2.75, 3.05) is 12.4 Å². The largest absolute Gasteiger partial charge is 0.487 e. The molecule has 6 heteroatoms. The number of carbonyl (C=O) groups is 1. The molecule has 0 radical (unpaired) electrons. The van der Waals surface area contributed by atoms with E-state index in [0.717, 1.165) is 30.0 Å². The maximum atomic E-state index is 11.4. The molecule has 0 saturated heterocycles. The fourth-order valence-electron chi connectivity index (χ4n) is 5.05. The second-order valence-corrected chi connectivity index (χ2v) is 10.6. The van der Waals surface area contributed by atoms with E-state index >= 15 is 0 Å². The topological polar surface area (TPSA) is 88.0 Å². The van der Waals surface area contributed by atoms with Gasteiger partial charge in [-0.25, -0.2) is 0 Å². The normalized spacial score (nSPS) is 15.9. The van der Waals surface area contributed by atoms with Crippen LogP contribution in [0.15, 0.2) is 30.3 Å². The number of anilines is 1. The van der Waals surface area contributed by atoms with Crippen molar-refractivity contribution in [2.24, 2.45) is 0 Å². The summed E-state index contributed by atoms with van der Waals surface area (Å²) in [5.74, 6) is 0.721. The van der Waals surface area contributed by atoms with Gasteiger partial charge in [0, 0.05) is 29.8 Å². The van der Waals surface area contributed by atoms with Crippen LogP contribution in [0.5, 0.6) is 5.75 Å². The molecule has 0 aliphatic carbocycles. The number of hydrogen-bond donors (Lipinski definition) is 3. The van der Waals surface area contributed by atoms with E-state index in [1.165, 1.54) is 29.4 Å². The van der Waals surface area contributed by atoms with E-state index in [0.29, 0.717) is 12.8 Å². The predicted molar refractivity (Wildman–Crippen MR) is 139 cm³/mol. The molecule has 0 saturated carbocycles. The number of hydrogen-bond acceptors (Lipinski definition) is 6. The molecule has 6 nitrogen and oxygen atoms in total. The number of aliphatic hydroxyl groups excluding tert-OH is 2. The number of ether oxygens (including phenoxy) is 2. The maximum absolute atomic E-state index is 11.4. The zero-order valence-corrected chi connectivity index (χ0v) is 22.0. The highest BCUT2D eigenvalue weighted by molar-refractivity contribution is 5.71. The number of benzene rings is 2. The van der Waals surface area contributed by atoms with Crippen molar-refractivity contribution in [3.05, 3.63) is 58.1 Å². The van der Waals surface area contributed by atoms with Gasteiger partial charge in [-0.1, -0.05) is 44.2 Å². The fourth-order valence-corrected chi connectivity index (χ4v) is 5.05. The highest BCUT2D eigenvalue weighted by atomic mass is 16.5. The van der Waals surface area contributed by atoms with Gasteiger partial charge in [0.15, 0.2) is 0 Å². The number of rotatable bonds is 11. The van der Waals surface area contributed by atoms with Crippen LogP contribution in [0.2, 0.25) is 0 Å². The van der Waals surface area contributed by atoms with Gasteiger partial charge in [0.1, 0.15) is 11.4 Å². The molecular formula is C29H41NO5. The number of fused-ring (bicyclic) bond motifs is 1. The van der Waals surface area contributed by atoms with Crippen LogP contribution < -0.4 is 10.1 Å². The number of esters is 1. The first kappa shape index (κ1) is 27.0. The molecular weight excluding hydrogens is 442 g/mol. The van der Waals surface area contributed by atoms with Crippen molar-refractivity contribution in [1.29, 1.82) is 0 Å². The Balaban J connectivity index is 1.90. The van der Waals surface area contributed by atoms with Gasteiger partial charge in [0.25, 0.3) is 0 Å². The van der Waals surface area contributed by atoms with E-state index in [1.54, 1.807) is 0 Å². The minimum Gasteiger partial charge on any atom is -0.487 e. The lowest BCUT2D eigenvalue weighted by molar-refractivity contribution is -0.143. The Hall–Kier alpha value is -2.57. The first-order chi connectivity index (χ1) is 16.5. The lowest BCUT2D eigenvalue weighted by atomic mass is 9.85. The van der Waals surface area contributed by atoms with E-state index < -0.39 is 18.2 Å². The average molecular weight is 484 g/mol. The van der Waals surface area contributed by atoms with Crippen molar-refractivity contribution in [3.8, 4) is 5.75 Å². The van der Waals surface area contributed by atoms with Gasteiger partial charge in [-0.15, -0.1) is 0 Å². The zero-order valence-electron chi connectivity index (χ0n) is 22.0. The van der Waals surface area contributed by atoms with Crippen LogP contribution in [0.4, 0.5) is 5.69 Å². The van der Waals surface area contributed by atoms with E-state index in [4.69, 9.17) is 4.74 Å². The number of methoxy groups -OCH3 is 1. The van der Waals surface area contributed by atoms with Gasteiger partial charge in [0.2, 0.25) is 0 Å². The van der Waals surface area contributed by atoms with Crippen LogP contribution in [-0.2, 0) is 28.9 Å². The molecule has 3 N–H and O–H groups in total. The summed E-state index contributed by atoms with van der Waals surface area (Å²) in [7, 11) is 1.29. The maximum Gasteiger partial charge on any atom is 0.308 e. The third kappa shape index (κ3) is 6.77. The molecule has 0 amide bonds. The summed E-state index contributed by atoms with van der Waals surface area (Å²) in [5.41, 5.74) is 6.88. The molecule has 35 heavy (non-hydrogen) atoms. The van der Waals surface area contributed by atoms with Crippen molar-refractivity contribution >= 4 is 11.7 Å². The second-order valence-electron chi connectivity index (χ2n) is 10.6. The van der Waals surface area contributed by atoms with Crippen molar-refractivity contribution < 1.29 is 24.5 Å². The Morgan fingerprint density at radius 1 is 1.17 bits per heavy atom. The molecule has 0 aromatic heterocycles. The summed E-state index contributed by atoms with van der Waals surface area (Å²) in [6.45, 7) is 11.5. The number of aliphatic hydroxyl groups is 2. The molecule has 2 atom stereocenters. The molecule has 3 rings (SSSR count). The van der Waals surface area contributed by atoms with Crippen molar-refractivity contribution in [2.45, 2.75) is 97.0 Å². The van der Waals surface area contributed by atoms with Crippen molar-refractivity contribution in [3.63, 3.8) is 0 Å². The first-order valence-electron chi connectivity index (χ1n) is 12.6. The SMILES string of the molecule is COC(=O)CC(O)CC(O)CCc1c2c(c(C)c(NCc3ccccc3)c1C(C)C)CC(C)(C)O2. The Bertz CT molecular complexity index is 1020. The zero-order chi connectivity index (χ0) is 25.8. The minimum atomic E-state index is -0.927. The van der Waals surface area contributed by atoms with E-state index in [-0.39, 0.29) is 24.4 Å². The van der Waals surface area contributed by atoms with Crippen LogP contribution in [0.3, 0.4) is 0 Å². The Kier molecular flexibility index (Phi) is 8.84. The van der Waals surface area contributed by atoms with Gasteiger partial charge in [-0.05, 0) is 62.6 Å². The van der Waals surface area contributed by atoms with Gasteiger partial charge in [-0.2, -0.15) is 0 Å². The Labute approximate surface area is 209 Å². The van der Waals surface area contributed by atoms with Crippen LogP contribution in [0, 0.1) is 6.92 Å². The lowest BCUT2D eigenvalue weighted by Gasteiger charge is -2.26. The monoisotopic (exact) mass is 483 g/mol. The standard InChI is InChI=1S/C29H41NO5/c1-18(2)26-23(13-12-21(31)14-22(32)15-25(33)34-6)28-24(16-29(4,5)35-28)19(3)27(26)30-17-20-10-8-7-9-11-20/h7-11,18,21-22,30-32H,12-17H2,1-6H3. The first-order valence-corrected chi connectivity index (χ1v) is 12.6. The molecule has 2 unspecified atom stereocenters. The van der Waals surface area contributed by atoms with E-state index in [1.807, 2.05) is 18.2 Å². The second kappa shape index (κ2) is 11.4. The fraction of sp³-hybridized carbons (Fsp3) is 0.552. The molecule has 1 aliphatic heterocycles. The summed E-state index contributed by atoms with van der Waals surface area (Å²) in [6, 6.07) is 10.4. The quantitative estimate of drug-likeness (QED) is 0.388. The Morgan fingerprint density at radius 2 is 1.86 bits per heavy atom. The van der Waals surface area contributed by atoms with Crippen LogP contribution in [0.25, 0.3) is 0 Å². The van der Waals surface area contributed by atoms with Crippen LogP contribution >= 0.6 is 0 Å². The molecule has 0 fully saturated rings. The molecule has 2 aromatic carbocycles. The highest BCUT2D eigenvalue weighted by Gasteiger charge is 2.36. The molecule has 0 bridgehead atoms. The Morgan fingerprint density at radius 3 is 2.49 bits per heavy atom. The summed E-state index contributed by atoms with van der Waals surface area (Å²) in [5, 5.41) is 24.5. The van der Waals surface area contributed by atoms with Crippen LogP contribution in [-0.4, -0.2) is 41.1 Å². The van der Waals surface area contributed by atoms with Gasteiger partial charge >= 0.3 is 5.97 Å². The molecule has 1 heterocycles. The van der Waals surface area contributed by atoms with Gasteiger partial charge in [-0.3, -0.25) is 4.79 Å². The average Bonchev–Trinajstić information content (AvgIpc) is 3.13. The van der Waals surface area contributed by atoms with Crippen LogP contribution in [0.1, 0.15) is 80.7 Å². The third-order valence-corrected chi connectivity index (χ3v) is 6.74. The van der Waals surface area contributed by atoms with Gasteiger partial charge < -0.3 is 25.0 Å². The number of carbonyl (C=O) groups excluding carboxylic acids is 1. The molecule has 0 spiro atoms. The summed E-state index contributed by atoms with van der Waals surface area (Å²) in [6.07, 6.45) is 0.278. The van der Waals surface area contributed by atoms with Crippen molar-refractivity contribution in [1.82, 2.24) is 0 Å². The summed E-state index contributed by atoms with van der Waals surface area (Å²) >= 11 is 0. The molecule has 192 valence electrons. The minimum absolute atomic E-state index is 0.115. The third-order valence-electron chi connectivity index (χ3n) is 6.74. The summed E-state index contributed by atoms with van der Waals surface area (Å²) < 4.78 is 11.1. The van der Waals surface area contributed by atoms with E-state index in [2.05, 4.69) is 56.8 Å². The van der Waals surface area contributed by atoms with Gasteiger partial charge in [0.05, 0.1) is 25.7 Å². The molecule has 1 aliphatic rings. The van der Waals surface area contributed by atoms with E-state index in [9.17, 15) is 15.0 Å². The molecule has 2 aromatic rings. The highest BCUT2D eigenvalue weighted by Crippen LogP contribution is 2.47. The smallest absolute Gasteiger partial charge is 0.308 e. The predicted octanol–water partition coefficient (Wildman–Crippen LogP) is 5.05. The number of nitrogens with one attached hydrogen (secondary N) is 1. The summed E-state index contributed by atoms with van der Waals surface area (Å²) in [4.78, 5) is 11.4.